The Morgan fingerprint density at radius 3 is 2.56 bits per heavy atom. The Labute approximate surface area is 117 Å². The molecule has 1 aromatic rings. The summed E-state index contributed by atoms with van der Waals surface area (Å²) in [4.78, 5) is 11.6. The number of amides is 1. The largest absolute Gasteiger partial charge is 0.355 e. The lowest BCUT2D eigenvalue weighted by atomic mass is 10.1. The highest BCUT2D eigenvalue weighted by Crippen LogP contribution is 2.11. The third-order valence-electron chi connectivity index (χ3n) is 2.60. The van der Waals surface area contributed by atoms with E-state index >= 15 is 0 Å². The Bertz CT molecular complexity index is 351. The molecule has 0 radical (unpaired) electrons. The van der Waals surface area contributed by atoms with Crippen molar-refractivity contribution >= 4 is 21.8 Å². The molecule has 2 N–H and O–H groups in total. The molecule has 0 heterocycles. The number of nitrogens with one attached hydrogen (secondary N) is 2. The van der Waals surface area contributed by atoms with E-state index in [0.717, 1.165) is 30.4 Å². The maximum Gasteiger partial charge on any atom is 0.220 e. The van der Waals surface area contributed by atoms with Crippen LogP contribution < -0.4 is 10.6 Å². The first kappa shape index (κ1) is 15.2. The van der Waals surface area contributed by atoms with E-state index in [1.807, 2.05) is 24.3 Å². The number of aryl methyl sites for hydroxylation is 1. The molecule has 0 bridgehead atoms. The zero-order valence-electron chi connectivity index (χ0n) is 10.8. The van der Waals surface area contributed by atoms with Gasteiger partial charge in [-0.25, -0.2) is 0 Å². The minimum absolute atomic E-state index is 0.121. The van der Waals surface area contributed by atoms with Crippen LogP contribution in [-0.2, 0) is 11.2 Å². The summed E-state index contributed by atoms with van der Waals surface area (Å²) in [5, 5.41) is 6.16. The van der Waals surface area contributed by atoms with E-state index in [9.17, 15) is 4.79 Å². The summed E-state index contributed by atoms with van der Waals surface area (Å²) in [5.74, 6) is 0.121. The average Bonchev–Trinajstić information content (AvgIpc) is 2.38. The number of benzene rings is 1. The molecule has 0 fully saturated rings. The second-order valence-electron chi connectivity index (χ2n) is 4.23. The monoisotopic (exact) mass is 312 g/mol. The Morgan fingerprint density at radius 2 is 1.89 bits per heavy atom. The molecule has 0 aliphatic carbocycles. The first-order chi connectivity index (χ1) is 8.72. The van der Waals surface area contributed by atoms with E-state index in [-0.39, 0.29) is 5.91 Å². The van der Waals surface area contributed by atoms with Gasteiger partial charge in [0, 0.05) is 24.0 Å². The molecule has 18 heavy (non-hydrogen) atoms. The van der Waals surface area contributed by atoms with Crippen molar-refractivity contribution in [2.24, 2.45) is 0 Å². The predicted octanol–water partition coefficient (Wildman–Crippen LogP) is 2.50. The highest BCUT2D eigenvalue weighted by molar-refractivity contribution is 9.10. The van der Waals surface area contributed by atoms with E-state index in [1.54, 1.807) is 0 Å². The molecule has 0 spiro atoms. The van der Waals surface area contributed by atoms with Gasteiger partial charge in [-0.15, -0.1) is 0 Å². The van der Waals surface area contributed by atoms with Crippen molar-refractivity contribution in [1.29, 1.82) is 0 Å². The van der Waals surface area contributed by atoms with Gasteiger partial charge in [0.2, 0.25) is 5.91 Å². The first-order valence-electron chi connectivity index (χ1n) is 6.44. The van der Waals surface area contributed by atoms with E-state index in [0.29, 0.717) is 13.0 Å². The number of carbonyl (C=O) groups is 1. The van der Waals surface area contributed by atoms with Crippen LogP contribution in [0.25, 0.3) is 0 Å². The predicted molar refractivity (Wildman–Crippen MR) is 78.6 cm³/mol. The molecule has 1 aromatic carbocycles. The van der Waals surface area contributed by atoms with Crippen LogP contribution in [0.15, 0.2) is 28.7 Å². The molecule has 4 heteroatoms. The van der Waals surface area contributed by atoms with Crippen molar-refractivity contribution in [2.75, 3.05) is 19.6 Å². The van der Waals surface area contributed by atoms with Gasteiger partial charge in [0.15, 0.2) is 0 Å². The van der Waals surface area contributed by atoms with Gasteiger partial charge >= 0.3 is 0 Å². The number of halogens is 1. The molecule has 0 atom stereocenters. The van der Waals surface area contributed by atoms with Gasteiger partial charge in [0.1, 0.15) is 0 Å². The van der Waals surface area contributed by atoms with Crippen LogP contribution >= 0.6 is 15.9 Å². The second-order valence-corrected chi connectivity index (χ2v) is 5.14. The average molecular weight is 313 g/mol. The molecule has 1 amide bonds. The highest BCUT2D eigenvalue weighted by atomic mass is 79.9. The number of rotatable bonds is 8. The molecule has 0 aliphatic rings. The van der Waals surface area contributed by atoms with E-state index in [2.05, 4.69) is 33.5 Å². The lowest BCUT2D eigenvalue weighted by Crippen LogP contribution is -2.32. The normalized spacial score (nSPS) is 10.3. The van der Waals surface area contributed by atoms with Crippen molar-refractivity contribution in [3.63, 3.8) is 0 Å². The van der Waals surface area contributed by atoms with Crippen LogP contribution in [0.1, 0.15) is 25.3 Å². The quantitative estimate of drug-likeness (QED) is 0.724. The Hall–Kier alpha value is -0.870. The molecule has 100 valence electrons. The number of hydrogen-bond donors (Lipinski definition) is 2. The Kier molecular flexibility index (Phi) is 7.69. The second kappa shape index (κ2) is 9.11. The van der Waals surface area contributed by atoms with Gasteiger partial charge in [-0.1, -0.05) is 35.0 Å². The topological polar surface area (TPSA) is 41.1 Å². The van der Waals surface area contributed by atoms with Crippen molar-refractivity contribution in [1.82, 2.24) is 10.6 Å². The molecule has 0 aromatic heterocycles. The minimum Gasteiger partial charge on any atom is -0.355 e. The highest BCUT2D eigenvalue weighted by Gasteiger charge is 2.01. The zero-order valence-corrected chi connectivity index (χ0v) is 12.4. The van der Waals surface area contributed by atoms with Gasteiger partial charge < -0.3 is 10.6 Å². The van der Waals surface area contributed by atoms with Crippen LogP contribution in [0.4, 0.5) is 0 Å². The number of carbonyl (C=O) groups excluding carboxylic acids is 1. The van der Waals surface area contributed by atoms with E-state index < -0.39 is 0 Å². The maximum atomic E-state index is 11.6. The van der Waals surface area contributed by atoms with E-state index in [4.69, 9.17) is 0 Å². The minimum atomic E-state index is 0.121. The van der Waals surface area contributed by atoms with E-state index in [1.165, 1.54) is 5.56 Å². The van der Waals surface area contributed by atoms with Crippen LogP contribution in [0.3, 0.4) is 0 Å². The summed E-state index contributed by atoms with van der Waals surface area (Å²) < 4.78 is 1.07. The Balaban J connectivity index is 2.11. The molecule has 0 unspecified atom stereocenters. The molecular weight excluding hydrogens is 292 g/mol. The van der Waals surface area contributed by atoms with Crippen LogP contribution in [0, 0.1) is 0 Å². The molecule has 0 saturated carbocycles. The summed E-state index contributed by atoms with van der Waals surface area (Å²) in [6.45, 7) is 4.69. The van der Waals surface area contributed by atoms with Gasteiger partial charge in [-0.3, -0.25) is 4.79 Å². The zero-order chi connectivity index (χ0) is 13.2. The fraction of sp³-hybridized carbons (Fsp3) is 0.500. The van der Waals surface area contributed by atoms with Crippen molar-refractivity contribution in [3.05, 3.63) is 34.3 Å². The smallest absolute Gasteiger partial charge is 0.220 e. The molecule has 3 nitrogen and oxygen atoms in total. The van der Waals surface area contributed by atoms with Crippen LogP contribution in [0.5, 0.6) is 0 Å². The first-order valence-corrected chi connectivity index (χ1v) is 7.23. The summed E-state index contributed by atoms with van der Waals surface area (Å²) in [7, 11) is 0. The van der Waals surface area contributed by atoms with Crippen LogP contribution in [0.2, 0.25) is 0 Å². The lowest BCUT2D eigenvalue weighted by molar-refractivity contribution is -0.121. The molecule has 0 aliphatic heterocycles. The van der Waals surface area contributed by atoms with Crippen molar-refractivity contribution in [3.8, 4) is 0 Å². The van der Waals surface area contributed by atoms with Crippen molar-refractivity contribution in [2.45, 2.75) is 26.2 Å². The summed E-state index contributed by atoms with van der Waals surface area (Å²) in [6, 6.07) is 8.09. The molecule has 0 saturated heterocycles. The van der Waals surface area contributed by atoms with Gasteiger partial charge in [-0.2, -0.15) is 0 Å². The lowest BCUT2D eigenvalue weighted by Gasteiger charge is -2.06. The summed E-state index contributed by atoms with van der Waals surface area (Å²) >= 11 is 3.39. The third kappa shape index (κ3) is 6.77. The SMILES string of the molecule is CCCNCCNC(=O)CCc1ccc(Br)cc1. The van der Waals surface area contributed by atoms with Gasteiger partial charge in [-0.05, 0) is 37.1 Å². The van der Waals surface area contributed by atoms with Gasteiger partial charge in [0.25, 0.3) is 0 Å². The summed E-state index contributed by atoms with van der Waals surface area (Å²) in [6.07, 6.45) is 2.47. The Morgan fingerprint density at radius 1 is 1.17 bits per heavy atom. The molecular formula is C14H21BrN2O. The number of hydrogen-bond acceptors (Lipinski definition) is 2. The molecule has 1 rings (SSSR count). The third-order valence-corrected chi connectivity index (χ3v) is 3.13. The maximum absolute atomic E-state index is 11.6. The fourth-order valence-corrected chi connectivity index (χ4v) is 1.85. The van der Waals surface area contributed by atoms with Gasteiger partial charge in [0.05, 0.1) is 0 Å². The van der Waals surface area contributed by atoms with Crippen molar-refractivity contribution < 1.29 is 4.79 Å². The van der Waals surface area contributed by atoms with Crippen LogP contribution in [-0.4, -0.2) is 25.5 Å². The summed E-state index contributed by atoms with van der Waals surface area (Å²) in [5.41, 5.74) is 1.19. The fourth-order valence-electron chi connectivity index (χ4n) is 1.59. The standard InChI is InChI=1S/C14H21BrN2O/c1-2-9-16-10-11-17-14(18)8-5-12-3-6-13(15)7-4-12/h3-4,6-7,16H,2,5,8-11H2,1H3,(H,17,18).